The fourth-order valence-corrected chi connectivity index (χ4v) is 4.54. The van der Waals surface area contributed by atoms with E-state index >= 15 is 0 Å². The van der Waals surface area contributed by atoms with E-state index in [4.69, 9.17) is 9.84 Å². The Kier molecular flexibility index (Phi) is 5.94. The standard InChI is InChI=1S/C12H21NO4S2/c1-8(2)11(7-17-4)13-19(15,16)12-5-10(6-14)18-9(12)3/h5,8,11,13-14H,6-7H2,1-4H3. The van der Waals surface area contributed by atoms with Crippen LogP contribution in [0.3, 0.4) is 0 Å². The van der Waals surface area contributed by atoms with Gasteiger partial charge in [0, 0.05) is 22.9 Å². The second-order valence-corrected chi connectivity index (χ2v) is 7.74. The summed E-state index contributed by atoms with van der Waals surface area (Å²) < 4.78 is 32.4. The SMILES string of the molecule is COCC(NS(=O)(=O)c1cc(CO)sc1C)C(C)C. The molecule has 0 amide bonds. The second kappa shape index (κ2) is 6.81. The van der Waals surface area contributed by atoms with E-state index in [1.807, 2.05) is 13.8 Å². The maximum Gasteiger partial charge on any atom is 0.242 e. The van der Waals surface area contributed by atoms with Gasteiger partial charge in [-0.05, 0) is 18.9 Å². The third-order valence-electron chi connectivity index (χ3n) is 2.83. The molecule has 0 bridgehead atoms. The molecule has 1 heterocycles. The summed E-state index contributed by atoms with van der Waals surface area (Å²) in [7, 11) is -2.03. The minimum atomic E-state index is -3.58. The van der Waals surface area contributed by atoms with Crippen molar-refractivity contribution in [2.24, 2.45) is 5.92 Å². The van der Waals surface area contributed by atoms with E-state index in [0.717, 1.165) is 0 Å². The van der Waals surface area contributed by atoms with Crippen molar-refractivity contribution < 1.29 is 18.3 Å². The third-order valence-corrected chi connectivity index (χ3v) is 5.61. The van der Waals surface area contributed by atoms with E-state index in [-0.39, 0.29) is 23.5 Å². The molecular formula is C12H21NO4S2. The van der Waals surface area contributed by atoms with Gasteiger partial charge < -0.3 is 9.84 Å². The van der Waals surface area contributed by atoms with Crippen LogP contribution in [-0.4, -0.2) is 33.3 Å². The smallest absolute Gasteiger partial charge is 0.242 e. The molecule has 1 rings (SSSR count). The zero-order chi connectivity index (χ0) is 14.6. The summed E-state index contributed by atoms with van der Waals surface area (Å²) in [4.78, 5) is 1.56. The van der Waals surface area contributed by atoms with E-state index in [0.29, 0.717) is 16.4 Å². The van der Waals surface area contributed by atoms with Crippen LogP contribution >= 0.6 is 11.3 Å². The van der Waals surface area contributed by atoms with Crippen LogP contribution in [-0.2, 0) is 21.4 Å². The number of rotatable bonds is 7. The highest BCUT2D eigenvalue weighted by Gasteiger charge is 2.25. The summed E-state index contributed by atoms with van der Waals surface area (Å²) in [6.07, 6.45) is 0. The van der Waals surface area contributed by atoms with Gasteiger partial charge >= 0.3 is 0 Å². The summed E-state index contributed by atoms with van der Waals surface area (Å²) in [5.41, 5.74) is 0. The minimum absolute atomic E-state index is 0.131. The lowest BCUT2D eigenvalue weighted by atomic mass is 10.1. The Morgan fingerprint density at radius 1 is 1.47 bits per heavy atom. The number of ether oxygens (including phenoxy) is 1. The molecule has 110 valence electrons. The number of hydrogen-bond donors (Lipinski definition) is 2. The molecule has 1 aromatic rings. The monoisotopic (exact) mass is 307 g/mol. The number of aryl methyl sites for hydroxylation is 1. The lowest BCUT2D eigenvalue weighted by Gasteiger charge is -2.21. The Morgan fingerprint density at radius 3 is 2.53 bits per heavy atom. The van der Waals surface area contributed by atoms with Crippen LogP contribution in [0.1, 0.15) is 23.6 Å². The highest BCUT2D eigenvalue weighted by Crippen LogP contribution is 2.26. The Morgan fingerprint density at radius 2 is 2.11 bits per heavy atom. The predicted octanol–water partition coefficient (Wildman–Crippen LogP) is 1.50. The Hall–Kier alpha value is -0.470. The molecule has 7 heteroatoms. The zero-order valence-corrected chi connectivity index (χ0v) is 13.3. The van der Waals surface area contributed by atoms with Gasteiger partial charge in [-0.25, -0.2) is 13.1 Å². The van der Waals surface area contributed by atoms with Crippen molar-refractivity contribution in [3.63, 3.8) is 0 Å². The van der Waals surface area contributed by atoms with Crippen LogP contribution < -0.4 is 4.72 Å². The first-order valence-corrected chi connectivity index (χ1v) is 8.33. The summed E-state index contributed by atoms with van der Waals surface area (Å²) >= 11 is 1.29. The van der Waals surface area contributed by atoms with Gasteiger partial charge in [0.1, 0.15) is 0 Å². The van der Waals surface area contributed by atoms with E-state index in [2.05, 4.69) is 4.72 Å². The average Bonchev–Trinajstić information content (AvgIpc) is 2.70. The first-order chi connectivity index (χ1) is 8.81. The molecule has 1 atom stereocenters. The molecule has 5 nitrogen and oxygen atoms in total. The van der Waals surface area contributed by atoms with Crippen LogP contribution in [0.4, 0.5) is 0 Å². The van der Waals surface area contributed by atoms with Crippen LogP contribution in [0.25, 0.3) is 0 Å². The van der Waals surface area contributed by atoms with Crippen LogP contribution in [0.5, 0.6) is 0 Å². The number of sulfonamides is 1. The number of methoxy groups -OCH3 is 1. The molecule has 0 saturated carbocycles. The molecule has 0 fully saturated rings. The molecule has 1 unspecified atom stereocenters. The van der Waals surface area contributed by atoms with Crippen LogP contribution in [0.15, 0.2) is 11.0 Å². The van der Waals surface area contributed by atoms with Crippen LogP contribution in [0.2, 0.25) is 0 Å². The molecule has 0 aliphatic heterocycles. The van der Waals surface area contributed by atoms with E-state index in [1.54, 1.807) is 14.0 Å². The van der Waals surface area contributed by atoms with Gasteiger partial charge in [-0.1, -0.05) is 13.8 Å². The molecule has 19 heavy (non-hydrogen) atoms. The third kappa shape index (κ3) is 4.25. The normalized spacial score (nSPS) is 14.0. The molecule has 0 saturated heterocycles. The van der Waals surface area contributed by atoms with Gasteiger partial charge in [0.25, 0.3) is 0 Å². The number of nitrogens with one attached hydrogen (secondary N) is 1. The Labute approximate surface area is 118 Å². The largest absolute Gasteiger partial charge is 0.391 e. The molecule has 0 aromatic carbocycles. The van der Waals surface area contributed by atoms with Crippen molar-refractivity contribution in [1.82, 2.24) is 4.72 Å². The summed E-state index contributed by atoms with van der Waals surface area (Å²) in [6.45, 7) is 5.79. The number of hydrogen-bond acceptors (Lipinski definition) is 5. The van der Waals surface area contributed by atoms with Gasteiger partial charge in [-0.2, -0.15) is 0 Å². The van der Waals surface area contributed by atoms with E-state index < -0.39 is 10.0 Å². The molecular weight excluding hydrogens is 286 g/mol. The first-order valence-electron chi connectivity index (χ1n) is 6.03. The van der Waals surface area contributed by atoms with Crippen molar-refractivity contribution in [3.8, 4) is 0 Å². The fourth-order valence-electron chi connectivity index (χ4n) is 1.67. The van der Waals surface area contributed by atoms with Crippen LogP contribution in [0, 0.1) is 12.8 Å². The van der Waals surface area contributed by atoms with Crippen molar-refractivity contribution in [2.45, 2.75) is 38.3 Å². The van der Waals surface area contributed by atoms with Gasteiger partial charge in [-0.15, -0.1) is 11.3 Å². The molecule has 0 aliphatic rings. The Balaban J connectivity index is 2.99. The quantitative estimate of drug-likeness (QED) is 0.800. The molecule has 0 spiro atoms. The molecule has 1 aromatic heterocycles. The van der Waals surface area contributed by atoms with Gasteiger partial charge in [-0.3, -0.25) is 0 Å². The number of aliphatic hydroxyl groups excluding tert-OH is 1. The lowest BCUT2D eigenvalue weighted by molar-refractivity contribution is 0.157. The summed E-state index contributed by atoms with van der Waals surface area (Å²) in [5.74, 6) is 0.131. The lowest BCUT2D eigenvalue weighted by Crippen LogP contribution is -2.41. The maximum absolute atomic E-state index is 12.3. The number of aliphatic hydroxyl groups is 1. The van der Waals surface area contributed by atoms with E-state index in [9.17, 15) is 8.42 Å². The highest BCUT2D eigenvalue weighted by molar-refractivity contribution is 7.89. The minimum Gasteiger partial charge on any atom is -0.391 e. The topological polar surface area (TPSA) is 75.6 Å². The van der Waals surface area contributed by atoms with E-state index in [1.165, 1.54) is 17.4 Å². The van der Waals surface area contributed by atoms with Gasteiger partial charge in [0.2, 0.25) is 10.0 Å². The molecule has 0 radical (unpaired) electrons. The van der Waals surface area contributed by atoms with Gasteiger partial charge in [0.05, 0.1) is 18.1 Å². The predicted molar refractivity (Wildman–Crippen MR) is 75.8 cm³/mol. The van der Waals surface area contributed by atoms with Crippen molar-refractivity contribution in [1.29, 1.82) is 0 Å². The summed E-state index contributed by atoms with van der Waals surface area (Å²) in [6, 6.07) is 1.25. The molecule has 0 aliphatic carbocycles. The molecule has 2 N–H and O–H groups in total. The van der Waals surface area contributed by atoms with Crippen molar-refractivity contribution in [3.05, 3.63) is 15.8 Å². The highest BCUT2D eigenvalue weighted by atomic mass is 32.2. The summed E-state index contributed by atoms with van der Waals surface area (Å²) in [5, 5.41) is 9.07. The first kappa shape index (κ1) is 16.6. The van der Waals surface area contributed by atoms with Gasteiger partial charge in [0.15, 0.2) is 0 Å². The fraction of sp³-hybridized carbons (Fsp3) is 0.667. The maximum atomic E-state index is 12.3. The average molecular weight is 307 g/mol. The zero-order valence-electron chi connectivity index (χ0n) is 11.6. The van der Waals surface area contributed by atoms with Crippen molar-refractivity contribution >= 4 is 21.4 Å². The number of thiophene rings is 1. The second-order valence-electron chi connectivity index (χ2n) is 4.72. The Bertz CT molecular complexity index is 508. The van der Waals surface area contributed by atoms with Crippen molar-refractivity contribution in [2.75, 3.05) is 13.7 Å².